The molecule has 0 aliphatic heterocycles. The minimum atomic E-state index is 0.591. The van der Waals surface area contributed by atoms with Crippen LogP contribution in [0.15, 0.2) is 60.0 Å². The predicted molar refractivity (Wildman–Crippen MR) is 115 cm³/mol. The van der Waals surface area contributed by atoms with Crippen LogP contribution in [0, 0.1) is 5.92 Å². The van der Waals surface area contributed by atoms with E-state index in [0.29, 0.717) is 10.9 Å². The van der Waals surface area contributed by atoms with Gasteiger partial charge in [-0.2, -0.15) is 0 Å². The van der Waals surface area contributed by atoms with Gasteiger partial charge in [-0.1, -0.05) is 43.6 Å². The summed E-state index contributed by atoms with van der Waals surface area (Å²) in [6.07, 6.45) is 7.83. The van der Waals surface area contributed by atoms with Gasteiger partial charge in [-0.05, 0) is 30.5 Å². The minimum Gasteiger partial charge on any atom is -0.404 e. The standard InChI is InChI=1S/C22H23ClN4/c1-15(2)7-10-25-14-18(13-24)21-19(23)8-11-27-22(21)17-6-5-16-4-3-9-26-20(16)12-17/h3-6,8-9,11-15H,7,10,24H2,1-2H3/b18-13+,25-14?. The molecular weight excluding hydrogens is 356 g/mol. The molecule has 0 amide bonds. The Bertz CT molecular complexity index is 993. The number of nitrogens with zero attached hydrogens (tertiary/aromatic N) is 3. The molecule has 0 unspecified atom stereocenters. The summed E-state index contributed by atoms with van der Waals surface area (Å²) in [6.45, 7) is 5.11. The van der Waals surface area contributed by atoms with E-state index < -0.39 is 0 Å². The zero-order valence-corrected chi connectivity index (χ0v) is 16.3. The van der Waals surface area contributed by atoms with Gasteiger partial charge in [0, 0.05) is 53.4 Å². The maximum absolute atomic E-state index is 6.52. The van der Waals surface area contributed by atoms with Crippen molar-refractivity contribution in [1.29, 1.82) is 0 Å². The lowest BCUT2D eigenvalue weighted by Crippen LogP contribution is -1.99. The van der Waals surface area contributed by atoms with Gasteiger partial charge in [0.15, 0.2) is 0 Å². The fourth-order valence-corrected chi connectivity index (χ4v) is 3.09. The van der Waals surface area contributed by atoms with E-state index in [1.807, 2.05) is 30.3 Å². The number of nitrogens with two attached hydrogens (primary N) is 1. The van der Waals surface area contributed by atoms with E-state index >= 15 is 0 Å². The average Bonchev–Trinajstić information content (AvgIpc) is 2.68. The molecule has 138 valence electrons. The van der Waals surface area contributed by atoms with Crippen LogP contribution in [0.3, 0.4) is 0 Å². The molecule has 3 aromatic rings. The van der Waals surface area contributed by atoms with Crippen molar-refractivity contribution in [1.82, 2.24) is 9.97 Å². The van der Waals surface area contributed by atoms with Crippen LogP contribution in [0.1, 0.15) is 25.8 Å². The molecule has 0 radical (unpaired) electrons. The van der Waals surface area contributed by atoms with Crippen LogP contribution >= 0.6 is 11.6 Å². The summed E-state index contributed by atoms with van der Waals surface area (Å²) < 4.78 is 0. The number of pyridine rings is 2. The van der Waals surface area contributed by atoms with E-state index in [2.05, 4.69) is 28.8 Å². The second-order valence-electron chi connectivity index (χ2n) is 6.77. The van der Waals surface area contributed by atoms with Gasteiger partial charge < -0.3 is 5.73 Å². The van der Waals surface area contributed by atoms with Gasteiger partial charge >= 0.3 is 0 Å². The molecule has 0 aliphatic rings. The number of halogens is 1. The molecule has 2 aromatic heterocycles. The van der Waals surface area contributed by atoms with Crippen LogP contribution in [-0.2, 0) is 0 Å². The third kappa shape index (κ3) is 4.52. The largest absolute Gasteiger partial charge is 0.404 e. The summed E-state index contributed by atoms with van der Waals surface area (Å²) in [6, 6.07) is 11.8. The Morgan fingerprint density at radius 1 is 1.19 bits per heavy atom. The lowest BCUT2D eigenvalue weighted by Gasteiger charge is -2.12. The summed E-state index contributed by atoms with van der Waals surface area (Å²) in [4.78, 5) is 13.5. The molecule has 2 N–H and O–H groups in total. The Hall–Kier alpha value is -2.72. The first-order chi connectivity index (χ1) is 13.1. The molecule has 0 saturated heterocycles. The van der Waals surface area contributed by atoms with Crippen molar-refractivity contribution in [3.63, 3.8) is 0 Å². The number of benzene rings is 1. The molecule has 0 spiro atoms. The average molecular weight is 379 g/mol. The maximum Gasteiger partial charge on any atom is 0.0797 e. The number of fused-ring (bicyclic) bond motifs is 1. The molecule has 2 heterocycles. The van der Waals surface area contributed by atoms with Crippen LogP contribution in [0.2, 0.25) is 5.02 Å². The summed E-state index contributed by atoms with van der Waals surface area (Å²) in [5.41, 5.74) is 10.1. The van der Waals surface area contributed by atoms with E-state index in [4.69, 9.17) is 17.3 Å². The van der Waals surface area contributed by atoms with Gasteiger partial charge in [-0.3, -0.25) is 15.0 Å². The first-order valence-corrected chi connectivity index (χ1v) is 9.39. The molecule has 0 bridgehead atoms. The van der Waals surface area contributed by atoms with Crippen LogP contribution in [0.5, 0.6) is 0 Å². The van der Waals surface area contributed by atoms with E-state index in [0.717, 1.165) is 46.3 Å². The molecule has 4 nitrogen and oxygen atoms in total. The van der Waals surface area contributed by atoms with Crippen molar-refractivity contribution in [3.8, 4) is 11.3 Å². The van der Waals surface area contributed by atoms with Crippen molar-refractivity contribution in [2.75, 3.05) is 6.54 Å². The van der Waals surface area contributed by atoms with Gasteiger partial charge in [-0.15, -0.1) is 0 Å². The fourth-order valence-electron chi connectivity index (χ4n) is 2.83. The highest BCUT2D eigenvalue weighted by Gasteiger charge is 2.14. The van der Waals surface area contributed by atoms with Crippen LogP contribution in [0.25, 0.3) is 27.7 Å². The Labute approximate surface area is 164 Å². The van der Waals surface area contributed by atoms with Crippen LogP contribution in [-0.4, -0.2) is 22.7 Å². The molecule has 1 aromatic carbocycles. The molecule has 3 rings (SSSR count). The third-order valence-electron chi connectivity index (χ3n) is 4.31. The summed E-state index contributed by atoms with van der Waals surface area (Å²) in [5.74, 6) is 0.607. The van der Waals surface area contributed by atoms with E-state index in [-0.39, 0.29) is 0 Å². The summed E-state index contributed by atoms with van der Waals surface area (Å²) in [5, 5.41) is 1.67. The van der Waals surface area contributed by atoms with Gasteiger partial charge in [0.1, 0.15) is 0 Å². The number of hydrogen-bond acceptors (Lipinski definition) is 4. The lowest BCUT2D eigenvalue weighted by atomic mass is 9.99. The quantitative estimate of drug-likeness (QED) is 0.586. The topological polar surface area (TPSA) is 64.2 Å². The van der Waals surface area contributed by atoms with Gasteiger partial charge in [0.2, 0.25) is 0 Å². The monoisotopic (exact) mass is 378 g/mol. The first-order valence-electron chi connectivity index (χ1n) is 9.02. The summed E-state index contributed by atoms with van der Waals surface area (Å²) >= 11 is 6.52. The molecule has 0 fully saturated rings. The van der Waals surface area contributed by atoms with Crippen molar-refractivity contribution in [3.05, 3.63) is 65.6 Å². The van der Waals surface area contributed by atoms with Crippen molar-refractivity contribution in [2.24, 2.45) is 16.6 Å². The van der Waals surface area contributed by atoms with Gasteiger partial charge in [-0.25, -0.2) is 0 Å². The number of aliphatic imine (C=N–C) groups is 1. The van der Waals surface area contributed by atoms with Crippen molar-refractivity contribution < 1.29 is 0 Å². The number of aromatic nitrogens is 2. The summed E-state index contributed by atoms with van der Waals surface area (Å²) in [7, 11) is 0. The molecular formula is C22H23ClN4. The highest BCUT2D eigenvalue weighted by Crippen LogP contribution is 2.33. The second-order valence-corrected chi connectivity index (χ2v) is 7.17. The molecule has 27 heavy (non-hydrogen) atoms. The van der Waals surface area contributed by atoms with Crippen molar-refractivity contribution >= 4 is 34.3 Å². The Balaban J connectivity index is 2.03. The smallest absolute Gasteiger partial charge is 0.0797 e. The second kappa shape index (κ2) is 8.78. The van der Waals surface area contributed by atoms with Gasteiger partial charge in [0.05, 0.1) is 16.2 Å². The Morgan fingerprint density at radius 3 is 2.81 bits per heavy atom. The van der Waals surface area contributed by atoms with Crippen LogP contribution in [0.4, 0.5) is 0 Å². The normalized spacial score (nSPS) is 12.4. The zero-order chi connectivity index (χ0) is 19.2. The predicted octanol–water partition coefficient (Wildman–Crippen LogP) is 5.37. The Kier molecular flexibility index (Phi) is 6.20. The van der Waals surface area contributed by atoms with Crippen molar-refractivity contribution in [2.45, 2.75) is 20.3 Å². The van der Waals surface area contributed by atoms with Gasteiger partial charge in [0.25, 0.3) is 0 Å². The Morgan fingerprint density at radius 2 is 2.04 bits per heavy atom. The highest BCUT2D eigenvalue weighted by atomic mass is 35.5. The molecule has 0 atom stereocenters. The molecule has 0 saturated carbocycles. The minimum absolute atomic E-state index is 0.591. The number of hydrogen-bond donors (Lipinski definition) is 1. The SMILES string of the molecule is CC(C)CCN=C/C(=C\N)c1c(Cl)ccnc1-c1ccc2cccnc2c1. The third-order valence-corrected chi connectivity index (χ3v) is 4.63. The zero-order valence-electron chi connectivity index (χ0n) is 15.6. The highest BCUT2D eigenvalue weighted by molar-refractivity contribution is 6.34. The number of rotatable bonds is 6. The fraction of sp³-hybridized carbons (Fsp3) is 0.227. The van der Waals surface area contributed by atoms with Crippen LogP contribution < -0.4 is 5.73 Å². The van der Waals surface area contributed by atoms with E-state index in [1.165, 1.54) is 6.20 Å². The number of allylic oxidation sites excluding steroid dienone is 1. The molecule has 0 aliphatic carbocycles. The van der Waals surface area contributed by atoms with E-state index in [1.54, 1.807) is 24.7 Å². The lowest BCUT2D eigenvalue weighted by molar-refractivity contribution is 0.598. The first kappa shape index (κ1) is 19.1. The van der Waals surface area contributed by atoms with E-state index in [9.17, 15) is 0 Å². The molecule has 5 heteroatoms. The maximum atomic E-state index is 6.52.